The third-order valence-electron chi connectivity index (χ3n) is 4.47. The van der Waals surface area contributed by atoms with Gasteiger partial charge in [0.2, 0.25) is 10.0 Å². The lowest BCUT2D eigenvalue weighted by molar-refractivity contribution is 0.481. The average Bonchev–Trinajstić information content (AvgIpc) is 2.87. The first-order valence-corrected chi connectivity index (χ1v) is 9.43. The summed E-state index contributed by atoms with van der Waals surface area (Å²) >= 11 is 0. The molecule has 1 heterocycles. The van der Waals surface area contributed by atoms with Crippen LogP contribution in [-0.2, 0) is 10.0 Å². The van der Waals surface area contributed by atoms with Crippen molar-refractivity contribution in [3.63, 3.8) is 0 Å². The lowest BCUT2D eigenvalue weighted by atomic mass is 9.96. The third-order valence-corrected chi connectivity index (χ3v) is 6.27. The maximum absolute atomic E-state index is 12.9. The van der Waals surface area contributed by atoms with Crippen LogP contribution < -0.4 is 0 Å². The van der Waals surface area contributed by atoms with Crippen LogP contribution in [0.15, 0.2) is 64.1 Å². The highest BCUT2D eigenvalue weighted by molar-refractivity contribution is 7.89. The number of rotatable bonds is 2. The highest BCUT2D eigenvalue weighted by Crippen LogP contribution is 2.31. The molecule has 3 nitrogen and oxygen atoms in total. The van der Waals surface area contributed by atoms with E-state index in [1.54, 1.807) is 16.4 Å². The topological polar surface area (TPSA) is 37.4 Å². The summed E-state index contributed by atoms with van der Waals surface area (Å²) in [6, 6.07) is 7.09. The van der Waals surface area contributed by atoms with Crippen molar-refractivity contribution in [1.29, 1.82) is 0 Å². The fraction of sp³-hybridized carbons (Fsp3) is 0.368. The fourth-order valence-corrected chi connectivity index (χ4v) is 4.62. The van der Waals surface area contributed by atoms with Crippen LogP contribution in [0.1, 0.15) is 25.8 Å². The van der Waals surface area contributed by atoms with Crippen molar-refractivity contribution in [2.75, 3.05) is 13.1 Å². The summed E-state index contributed by atoms with van der Waals surface area (Å²) < 4.78 is 27.3. The molecule has 1 atom stereocenters. The van der Waals surface area contributed by atoms with E-state index in [1.807, 2.05) is 19.1 Å². The molecule has 0 saturated heterocycles. The molecule has 2 aliphatic rings. The molecule has 1 aromatic rings. The second-order valence-corrected chi connectivity index (χ2v) is 8.56. The fourth-order valence-electron chi connectivity index (χ4n) is 3.21. The summed E-state index contributed by atoms with van der Waals surface area (Å²) in [7, 11) is -3.43. The molecular formula is C19H23NO2S. The maximum atomic E-state index is 12.9. The number of hydrogen-bond donors (Lipinski definition) is 0. The van der Waals surface area contributed by atoms with Gasteiger partial charge in [-0.2, -0.15) is 4.31 Å². The van der Waals surface area contributed by atoms with Gasteiger partial charge in [-0.05, 0) is 49.5 Å². The molecule has 0 saturated carbocycles. The Morgan fingerprint density at radius 1 is 1.09 bits per heavy atom. The standard InChI is InChI=1S/C19H23NO2S/c1-14-5-8-19(9-6-14)23(21,22)20-12-17-7-4-15(2)10-16(3)11-18(17)13-20/h4-10,15H,11-13H2,1-3H3/b7-4-,16-10-. The van der Waals surface area contributed by atoms with Gasteiger partial charge in [0.25, 0.3) is 0 Å². The van der Waals surface area contributed by atoms with Crippen LogP contribution in [-0.4, -0.2) is 25.8 Å². The molecule has 3 rings (SSSR count). The first-order chi connectivity index (χ1) is 10.9. The average molecular weight is 329 g/mol. The molecule has 0 radical (unpaired) electrons. The normalized spacial score (nSPS) is 26.2. The molecule has 0 spiro atoms. The van der Waals surface area contributed by atoms with E-state index in [-0.39, 0.29) is 0 Å². The summed E-state index contributed by atoms with van der Waals surface area (Å²) in [5, 5.41) is 0. The molecule has 4 heteroatoms. The highest BCUT2D eigenvalue weighted by Gasteiger charge is 2.31. The van der Waals surface area contributed by atoms with E-state index >= 15 is 0 Å². The summed E-state index contributed by atoms with van der Waals surface area (Å²) in [5.74, 6) is 0.395. The Morgan fingerprint density at radius 2 is 1.78 bits per heavy atom. The largest absolute Gasteiger partial charge is 0.243 e. The Hall–Kier alpha value is -1.65. The Kier molecular flexibility index (Phi) is 4.30. The van der Waals surface area contributed by atoms with Crippen molar-refractivity contribution >= 4 is 10.0 Å². The zero-order valence-electron chi connectivity index (χ0n) is 13.9. The Labute approximate surface area is 139 Å². The highest BCUT2D eigenvalue weighted by atomic mass is 32.2. The van der Waals surface area contributed by atoms with E-state index in [0.717, 1.165) is 17.6 Å². The van der Waals surface area contributed by atoms with Crippen LogP contribution in [0.2, 0.25) is 0 Å². The zero-order valence-corrected chi connectivity index (χ0v) is 14.7. The number of allylic oxidation sites excluding steroid dienone is 3. The summed E-state index contributed by atoms with van der Waals surface area (Å²) in [6.45, 7) is 7.21. The lowest BCUT2D eigenvalue weighted by Gasteiger charge is -2.17. The monoisotopic (exact) mass is 329 g/mol. The van der Waals surface area contributed by atoms with Crippen molar-refractivity contribution in [1.82, 2.24) is 4.31 Å². The number of hydrogen-bond acceptors (Lipinski definition) is 2. The van der Waals surface area contributed by atoms with E-state index in [1.165, 1.54) is 11.1 Å². The van der Waals surface area contributed by atoms with Gasteiger partial charge in [0.15, 0.2) is 0 Å². The minimum atomic E-state index is -3.43. The van der Waals surface area contributed by atoms with Gasteiger partial charge in [0.1, 0.15) is 0 Å². The van der Waals surface area contributed by atoms with Gasteiger partial charge >= 0.3 is 0 Å². The molecule has 1 aromatic carbocycles. The van der Waals surface area contributed by atoms with Crippen LogP contribution in [0.25, 0.3) is 0 Å². The number of sulfonamides is 1. The van der Waals surface area contributed by atoms with Crippen molar-refractivity contribution in [3.8, 4) is 0 Å². The Bertz CT molecular complexity index is 798. The molecule has 0 N–H and O–H groups in total. The van der Waals surface area contributed by atoms with Gasteiger partial charge in [-0.3, -0.25) is 0 Å². The van der Waals surface area contributed by atoms with Crippen LogP contribution in [0.4, 0.5) is 0 Å². The van der Waals surface area contributed by atoms with Crippen LogP contribution in [0.5, 0.6) is 0 Å². The third kappa shape index (κ3) is 3.33. The number of benzene rings is 1. The smallest absolute Gasteiger partial charge is 0.207 e. The summed E-state index contributed by atoms with van der Waals surface area (Å²) in [4.78, 5) is 0.378. The van der Waals surface area contributed by atoms with Gasteiger partial charge in [0, 0.05) is 13.1 Å². The first-order valence-electron chi connectivity index (χ1n) is 7.99. The minimum Gasteiger partial charge on any atom is -0.207 e. The van der Waals surface area contributed by atoms with Crippen LogP contribution in [0.3, 0.4) is 0 Å². The predicted molar refractivity (Wildman–Crippen MR) is 93.6 cm³/mol. The van der Waals surface area contributed by atoms with E-state index in [0.29, 0.717) is 23.9 Å². The van der Waals surface area contributed by atoms with Crippen molar-refractivity contribution < 1.29 is 8.42 Å². The van der Waals surface area contributed by atoms with E-state index in [4.69, 9.17) is 0 Å². The number of aryl methyl sites for hydroxylation is 1. The van der Waals surface area contributed by atoms with Crippen molar-refractivity contribution in [3.05, 3.63) is 64.8 Å². The molecule has 122 valence electrons. The van der Waals surface area contributed by atoms with Gasteiger partial charge in [0.05, 0.1) is 4.90 Å². The van der Waals surface area contributed by atoms with Crippen molar-refractivity contribution in [2.45, 2.75) is 32.1 Å². The first kappa shape index (κ1) is 16.2. The summed E-state index contributed by atoms with van der Waals surface area (Å²) in [5.41, 5.74) is 4.75. The second kappa shape index (κ2) is 6.10. The predicted octanol–water partition coefficient (Wildman–Crippen LogP) is 3.84. The zero-order chi connectivity index (χ0) is 16.6. The molecule has 0 bridgehead atoms. The molecule has 23 heavy (non-hydrogen) atoms. The summed E-state index contributed by atoms with van der Waals surface area (Å²) in [6.07, 6.45) is 7.37. The molecule has 1 aliphatic carbocycles. The lowest BCUT2D eigenvalue weighted by Crippen LogP contribution is -2.29. The van der Waals surface area contributed by atoms with Crippen LogP contribution >= 0.6 is 0 Å². The van der Waals surface area contributed by atoms with Gasteiger partial charge < -0.3 is 0 Å². The van der Waals surface area contributed by atoms with Crippen molar-refractivity contribution in [2.24, 2.45) is 5.92 Å². The second-order valence-electron chi connectivity index (χ2n) is 6.62. The molecular weight excluding hydrogens is 306 g/mol. The molecule has 1 aliphatic heterocycles. The van der Waals surface area contributed by atoms with E-state index in [2.05, 4.69) is 32.1 Å². The Balaban J connectivity index is 1.87. The SMILES string of the molecule is C/C1=C/C(C)/C=C\C2=C(C1)CN(S(=O)(=O)c1ccc(C)cc1)C2. The van der Waals surface area contributed by atoms with E-state index < -0.39 is 10.0 Å². The van der Waals surface area contributed by atoms with Gasteiger partial charge in [-0.15, -0.1) is 0 Å². The van der Waals surface area contributed by atoms with Crippen LogP contribution in [0, 0.1) is 12.8 Å². The quantitative estimate of drug-likeness (QED) is 0.773. The van der Waals surface area contributed by atoms with E-state index in [9.17, 15) is 8.42 Å². The Morgan fingerprint density at radius 3 is 2.48 bits per heavy atom. The molecule has 1 unspecified atom stereocenters. The molecule has 0 fully saturated rings. The molecule has 0 aromatic heterocycles. The minimum absolute atomic E-state index is 0.378. The van der Waals surface area contributed by atoms with Gasteiger partial charge in [-0.1, -0.05) is 48.4 Å². The number of nitrogens with zero attached hydrogens (tertiary/aromatic N) is 1. The maximum Gasteiger partial charge on any atom is 0.243 e. The molecule has 0 amide bonds. The van der Waals surface area contributed by atoms with Gasteiger partial charge in [-0.25, -0.2) is 8.42 Å².